The number of nitrogens with zero attached hydrogens (tertiary/aromatic N) is 2. The molecule has 0 spiro atoms. The van der Waals surface area contributed by atoms with Crippen LogP contribution in [0.3, 0.4) is 0 Å². The molecule has 6 heteroatoms. The van der Waals surface area contributed by atoms with Gasteiger partial charge in [0.25, 0.3) is 0 Å². The molecule has 1 atom stereocenters. The summed E-state index contributed by atoms with van der Waals surface area (Å²) in [4.78, 5) is 16.8. The van der Waals surface area contributed by atoms with Crippen molar-refractivity contribution in [3.05, 3.63) is 54.9 Å². The highest BCUT2D eigenvalue weighted by Gasteiger charge is 2.26. The Morgan fingerprint density at radius 1 is 1.15 bits per heavy atom. The largest absolute Gasteiger partial charge is 0.381 e. The fraction of sp³-hybridized carbons (Fsp3) is 0.300. The van der Waals surface area contributed by atoms with Crippen molar-refractivity contribution in [2.24, 2.45) is 11.7 Å². The number of benzene rings is 2. The van der Waals surface area contributed by atoms with E-state index >= 15 is 0 Å². The lowest BCUT2D eigenvalue weighted by molar-refractivity contribution is -0.119. The second kappa shape index (κ2) is 7.27. The summed E-state index contributed by atoms with van der Waals surface area (Å²) in [6.45, 7) is 1.36. The van der Waals surface area contributed by atoms with Crippen LogP contribution >= 0.6 is 0 Å². The van der Waals surface area contributed by atoms with Gasteiger partial charge in [-0.2, -0.15) is 0 Å². The van der Waals surface area contributed by atoms with Gasteiger partial charge in [-0.25, -0.2) is 4.98 Å². The van der Waals surface area contributed by atoms with E-state index in [0.29, 0.717) is 13.2 Å². The Kier molecular flexibility index (Phi) is 4.69. The van der Waals surface area contributed by atoms with Crippen molar-refractivity contribution in [3.63, 3.8) is 0 Å². The lowest BCUT2D eigenvalue weighted by Crippen LogP contribution is -2.43. The molecule has 0 saturated carbocycles. The number of hydrogen-bond donors (Lipinski definition) is 2. The van der Waals surface area contributed by atoms with Crippen LogP contribution in [0.5, 0.6) is 0 Å². The summed E-state index contributed by atoms with van der Waals surface area (Å²) in [5, 5.41) is 2.92. The Hall–Kier alpha value is -2.70. The first-order valence-corrected chi connectivity index (χ1v) is 8.89. The van der Waals surface area contributed by atoms with E-state index in [4.69, 9.17) is 10.5 Å². The number of rotatable bonds is 4. The number of imidazole rings is 1. The Labute approximate surface area is 152 Å². The molecular formula is C20H22N4O2. The molecule has 3 N–H and O–H groups in total. The molecule has 1 aliphatic heterocycles. The average molecular weight is 350 g/mol. The maximum absolute atomic E-state index is 12.4. The number of ether oxygens (including phenoxy) is 1. The van der Waals surface area contributed by atoms with Crippen molar-refractivity contribution in [3.8, 4) is 5.69 Å². The average Bonchev–Trinajstić information content (AvgIpc) is 3.13. The number of para-hydroxylation sites is 2. The summed E-state index contributed by atoms with van der Waals surface area (Å²) < 4.78 is 7.35. The van der Waals surface area contributed by atoms with Crippen molar-refractivity contribution in [2.75, 3.05) is 18.5 Å². The first kappa shape index (κ1) is 16.8. The van der Waals surface area contributed by atoms with Gasteiger partial charge < -0.3 is 15.8 Å². The van der Waals surface area contributed by atoms with E-state index in [2.05, 4.69) is 10.3 Å². The Morgan fingerprint density at radius 2 is 1.88 bits per heavy atom. The molecule has 0 aliphatic carbocycles. The van der Waals surface area contributed by atoms with Crippen LogP contribution in [0.15, 0.2) is 54.9 Å². The lowest BCUT2D eigenvalue weighted by Gasteiger charge is -2.26. The maximum Gasteiger partial charge on any atom is 0.241 e. The molecule has 6 nitrogen and oxygen atoms in total. The second-order valence-electron chi connectivity index (χ2n) is 6.61. The molecule has 4 rings (SSSR count). The summed E-state index contributed by atoms with van der Waals surface area (Å²) in [7, 11) is 0. The summed E-state index contributed by atoms with van der Waals surface area (Å²) in [5.41, 5.74) is 9.86. The molecule has 0 radical (unpaired) electrons. The number of nitrogens with two attached hydrogens (primary N) is 1. The zero-order valence-corrected chi connectivity index (χ0v) is 14.5. The highest BCUT2D eigenvalue weighted by atomic mass is 16.5. The van der Waals surface area contributed by atoms with Crippen LogP contribution in [0.25, 0.3) is 16.7 Å². The number of fused-ring (bicyclic) bond motifs is 1. The van der Waals surface area contributed by atoms with Crippen LogP contribution in [0.2, 0.25) is 0 Å². The monoisotopic (exact) mass is 350 g/mol. The van der Waals surface area contributed by atoms with Gasteiger partial charge in [0.1, 0.15) is 6.33 Å². The highest BCUT2D eigenvalue weighted by molar-refractivity contribution is 5.95. The van der Waals surface area contributed by atoms with E-state index < -0.39 is 6.04 Å². The highest BCUT2D eigenvalue weighted by Crippen LogP contribution is 2.21. The molecule has 1 amide bonds. The fourth-order valence-corrected chi connectivity index (χ4v) is 3.38. The number of carbonyl (C=O) groups excluding carboxylic acids is 1. The molecule has 134 valence electrons. The number of amides is 1. The van der Waals surface area contributed by atoms with Gasteiger partial charge in [-0.3, -0.25) is 9.36 Å². The van der Waals surface area contributed by atoms with Gasteiger partial charge in [-0.15, -0.1) is 0 Å². The third kappa shape index (κ3) is 3.34. The number of aromatic nitrogens is 2. The van der Waals surface area contributed by atoms with Crippen LogP contribution in [0.1, 0.15) is 12.8 Å². The predicted molar refractivity (Wildman–Crippen MR) is 101 cm³/mol. The van der Waals surface area contributed by atoms with Crippen LogP contribution in [0, 0.1) is 5.92 Å². The van der Waals surface area contributed by atoms with E-state index in [1.54, 1.807) is 6.33 Å². The van der Waals surface area contributed by atoms with E-state index in [0.717, 1.165) is 35.2 Å². The SMILES string of the molecule is NC(C(=O)Nc1ccc(-n2cnc3ccccc32)cc1)C1CCOCC1. The van der Waals surface area contributed by atoms with Crippen molar-refractivity contribution in [1.29, 1.82) is 0 Å². The van der Waals surface area contributed by atoms with Gasteiger partial charge in [0, 0.05) is 24.6 Å². The Morgan fingerprint density at radius 3 is 2.65 bits per heavy atom. The maximum atomic E-state index is 12.4. The van der Waals surface area contributed by atoms with Gasteiger partial charge in [-0.05, 0) is 55.2 Å². The van der Waals surface area contributed by atoms with Gasteiger partial charge in [0.05, 0.1) is 17.1 Å². The third-order valence-electron chi connectivity index (χ3n) is 4.94. The zero-order valence-electron chi connectivity index (χ0n) is 14.5. The van der Waals surface area contributed by atoms with Crippen LogP contribution in [-0.4, -0.2) is 34.7 Å². The van der Waals surface area contributed by atoms with Crippen molar-refractivity contribution >= 4 is 22.6 Å². The standard InChI is InChI=1S/C20H22N4O2/c21-19(14-9-11-26-12-10-14)20(25)23-15-5-7-16(8-6-15)24-13-22-17-3-1-2-4-18(17)24/h1-8,13-14,19H,9-12,21H2,(H,23,25). The Balaban J connectivity index is 1.46. The van der Waals surface area contributed by atoms with Gasteiger partial charge in [0.15, 0.2) is 0 Å². The van der Waals surface area contributed by atoms with Crippen molar-refractivity contribution in [2.45, 2.75) is 18.9 Å². The summed E-state index contributed by atoms with van der Waals surface area (Å²) in [6.07, 6.45) is 3.47. The van der Waals surface area contributed by atoms with E-state index in [9.17, 15) is 4.79 Å². The molecular weight excluding hydrogens is 328 g/mol. The number of anilines is 1. The molecule has 1 fully saturated rings. The summed E-state index contributed by atoms with van der Waals surface area (Å²) in [6, 6.07) is 15.2. The minimum atomic E-state index is -0.504. The zero-order chi connectivity index (χ0) is 17.9. The van der Waals surface area contributed by atoms with E-state index in [1.807, 2.05) is 53.1 Å². The van der Waals surface area contributed by atoms with Gasteiger partial charge in [0.2, 0.25) is 5.91 Å². The molecule has 2 heterocycles. The topological polar surface area (TPSA) is 82.2 Å². The lowest BCUT2D eigenvalue weighted by atomic mass is 9.92. The molecule has 0 bridgehead atoms. The number of carbonyl (C=O) groups is 1. The smallest absolute Gasteiger partial charge is 0.241 e. The van der Waals surface area contributed by atoms with E-state index in [-0.39, 0.29) is 11.8 Å². The minimum Gasteiger partial charge on any atom is -0.381 e. The first-order valence-electron chi connectivity index (χ1n) is 8.89. The Bertz CT molecular complexity index is 898. The quantitative estimate of drug-likeness (QED) is 0.758. The van der Waals surface area contributed by atoms with E-state index in [1.165, 1.54) is 0 Å². The third-order valence-corrected chi connectivity index (χ3v) is 4.94. The second-order valence-corrected chi connectivity index (χ2v) is 6.61. The molecule has 26 heavy (non-hydrogen) atoms. The predicted octanol–water partition coefficient (Wildman–Crippen LogP) is 2.72. The number of nitrogens with one attached hydrogen (secondary N) is 1. The molecule has 1 aromatic heterocycles. The van der Waals surface area contributed by atoms with Gasteiger partial charge >= 0.3 is 0 Å². The molecule has 3 aromatic rings. The summed E-state index contributed by atoms with van der Waals surface area (Å²) in [5.74, 6) is 0.0399. The van der Waals surface area contributed by atoms with Crippen LogP contribution in [0.4, 0.5) is 5.69 Å². The van der Waals surface area contributed by atoms with Crippen LogP contribution in [-0.2, 0) is 9.53 Å². The fourth-order valence-electron chi connectivity index (χ4n) is 3.38. The first-order chi connectivity index (χ1) is 12.7. The molecule has 1 saturated heterocycles. The normalized spacial score (nSPS) is 16.5. The van der Waals surface area contributed by atoms with Crippen molar-refractivity contribution in [1.82, 2.24) is 9.55 Å². The molecule has 1 unspecified atom stereocenters. The summed E-state index contributed by atoms with van der Waals surface area (Å²) >= 11 is 0. The molecule has 2 aromatic carbocycles. The minimum absolute atomic E-state index is 0.141. The van der Waals surface area contributed by atoms with Gasteiger partial charge in [-0.1, -0.05) is 12.1 Å². The molecule has 1 aliphatic rings. The number of hydrogen-bond acceptors (Lipinski definition) is 4. The van der Waals surface area contributed by atoms with Crippen LogP contribution < -0.4 is 11.1 Å². The van der Waals surface area contributed by atoms with Crippen molar-refractivity contribution < 1.29 is 9.53 Å².